The molecule has 2 atom stereocenters. The van der Waals surface area contributed by atoms with Gasteiger partial charge in [-0.25, -0.2) is 4.57 Å². The van der Waals surface area contributed by atoms with E-state index in [4.69, 9.17) is 18.5 Å². The maximum atomic E-state index is 12.6. The molecule has 0 bridgehead atoms. The van der Waals surface area contributed by atoms with E-state index < -0.39 is 26.5 Å². The molecule has 0 heterocycles. The minimum absolute atomic E-state index is 0.00138. The van der Waals surface area contributed by atoms with E-state index in [9.17, 15) is 19.0 Å². The lowest BCUT2D eigenvalue weighted by Crippen LogP contribution is -2.29. The second-order valence-electron chi connectivity index (χ2n) is 15.8. The number of rotatable bonds is 44. The fourth-order valence-corrected chi connectivity index (χ4v) is 7.44. The Morgan fingerprint density at radius 2 is 0.879 bits per heavy atom. The summed E-state index contributed by atoms with van der Waals surface area (Å²) in [7, 11) is -4.29. The standard InChI is InChI=1S/C49H89O8P/c1-4-7-9-11-13-15-17-19-21-23-24-25-26-28-30-32-34-36-38-40-42-44-49(51)57-47(46-56-58(52,53)55-6-3)45-54-48(50)43-41-39-37-35-33-31-29-27-22-20-18-16-14-12-10-8-5-2/h7,9,13,15,19,21,24-25,47H,4-6,8,10-12,14,16-18,20,22-23,26-46H2,1-3H3,(H,52,53)/b9-7-,15-13-,21-19-,25-24-. The molecule has 338 valence electrons. The molecule has 0 radical (unpaired) electrons. The minimum Gasteiger partial charge on any atom is -0.462 e. The summed E-state index contributed by atoms with van der Waals surface area (Å²) in [5.41, 5.74) is 0. The lowest BCUT2D eigenvalue weighted by Gasteiger charge is -2.19. The molecule has 0 aliphatic rings. The van der Waals surface area contributed by atoms with Gasteiger partial charge in [-0.3, -0.25) is 18.6 Å². The zero-order valence-corrected chi connectivity index (χ0v) is 38.6. The second-order valence-corrected chi connectivity index (χ2v) is 17.2. The van der Waals surface area contributed by atoms with Gasteiger partial charge in [0, 0.05) is 12.8 Å². The van der Waals surface area contributed by atoms with Crippen LogP contribution in [0.1, 0.15) is 226 Å². The van der Waals surface area contributed by atoms with Crippen molar-refractivity contribution in [1.29, 1.82) is 0 Å². The monoisotopic (exact) mass is 837 g/mol. The van der Waals surface area contributed by atoms with E-state index in [0.29, 0.717) is 12.8 Å². The van der Waals surface area contributed by atoms with Crippen LogP contribution in [0.3, 0.4) is 0 Å². The van der Waals surface area contributed by atoms with Gasteiger partial charge in [-0.05, 0) is 58.3 Å². The van der Waals surface area contributed by atoms with Crippen molar-refractivity contribution in [2.24, 2.45) is 0 Å². The van der Waals surface area contributed by atoms with Gasteiger partial charge in [-0.15, -0.1) is 0 Å². The minimum atomic E-state index is -4.29. The van der Waals surface area contributed by atoms with Crippen molar-refractivity contribution < 1.29 is 37.6 Å². The van der Waals surface area contributed by atoms with E-state index in [1.807, 2.05) is 0 Å². The first-order valence-electron chi connectivity index (χ1n) is 23.9. The van der Waals surface area contributed by atoms with Gasteiger partial charge in [0.15, 0.2) is 6.10 Å². The number of carbonyl (C=O) groups excluding carboxylic acids is 2. The van der Waals surface area contributed by atoms with E-state index in [-0.39, 0.29) is 25.6 Å². The molecule has 0 amide bonds. The Bertz CT molecular complexity index is 1080. The summed E-state index contributed by atoms with van der Waals surface area (Å²) in [4.78, 5) is 34.9. The molecule has 0 aromatic carbocycles. The molecule has 0 saturated heterocycles. The first-order valence-corrected chi connectivity index (χ1v) is 25.4. The Morgan fingerprint density at radius 3 is 1.33 bits per heavy atom. The zero-order valence-electron chi connectivity index (χ0n) is 37.7. The molecular formula is C49H89O8P. The van der Waals surface area contributed by atoms with Gasteiger partial charge >= 0.3 is 19.8 Å². The van der Waals surface area contributed by atoms with Gasteiger partial charge in [-0.2, -0.15) is 0 Å². The Hall–Kier alpha value is -1.99. The van der Waals surface area contributed by atoms with Crippen LogP contribution in [0.2, 0.25) is 0 Å². The van der Waals surface area contributed by atoms with Crippen LogP contribution >= 0.6 is 7.82 Å². The Morgan fingerprint density at radius 1 is 0.483 bits per heavy atom. The average Bonchev–Trinajstić information content (AvgIpc) is 3.20. The van der Waals surface area contributed by atoms with E-state index in [0.717, 1.165) is 70.6 Å². The Balaban J connectivity index is 4.03. The molecule has 0 aliphatic heterocycles. The number of allylic oxidation sites excluding steroid dienone is 8. The highest BCUT2D eigenvalue weighted by Gasteiger charge is 2.25. The van der Waals surface area contributed by atoms with Crippen molar-refractivity contribution in [3.8, 4) is 0 Å². The third-order valence-electron chi connectivity index (χ3n) is 10.1. The fourth-order valence-electron chi connectivity index (χ4n) is 6.68. The molecule has 1 N–H and O–H groups in total. The van der Waals surface area contributed by atoms with E-state index in [1.54, 1.807) is 6.92 Å². The van der Waals surface area contributed by atoms with Gasteiger partial charge < -0.3 is 14.4 Å². The van der Waals surface area contributed by atoms with Crippen molar-refractivity contribution in [3.05, 3.63) is 48.6 Å². The van der Waals surface area contributed by atoms with Gasteiger partial charge in [0.25, 0.3) is 0 Å². The summed E-state index contributed by atoms with van der Waals surface area (Å²) in [6.07, 6.45) is 53.1. The highest BCUT2D eigenvalue weighted by Crippen LogP contribution is 2.43. The third kappa shape index (κ3) is 43.6. The molecule has 0 spiro atoms. The normalized spacial score (nSPS) is 13.7. The second kappa shape index (κ2) is 44.6. The molecule has 58 heavy (non-hydrogen) atoms. The summed E-state index contributed by atoms with van der Waals surface area (Å²) in [6, 6.07) is 0. The summed E-state index contributed by atoms with van der Waals surface area (Å²) in [5, 5.41) is 0. The van der Waals surface area contributed by atoms with Crippen LogP contribution in [-0.2, 0) is 32.7 Å². The van der Waals surface area contributed by atoms with Gasteiger partial charge in [0.1, 0.15) is 6.61 Å². The highest BCUT2D eigenvalue weighted by molar-refractivity contribution is 7.47. The number of phosphoric acid groups is 1. The highest BCUT2D eigenvalue weighted by atomic mass is 31.2. The summed E-state index contributed by atoms with van der Waals surface area (Å²) >= 11 is 0. The first kappa shape index (κ1) is 56.0. The lowest BCUT2D eigenvalue weighted by molar-refractivity contribution is -0.161. The van der Waals surface area contributed by atoms with Gasteiger partial charge in [0.05, 0.1) is 13.2 Å². The molecule has 0 aromatic heterocycles. The first-order chi connectivity index (χ1) is 28.3. The van der Waals surface area contributed by atoms with Crippen molar-refractivity contribution in [2.45, 2.75) is 232 Å². The average molecular weight is 837 g/mol. The van der Waals surface area contributed by atoms with Gasteiger partial charge in [-0.1, -0.05) is 204 Å². The quantitative estimate of drug-likeness (QED) is 0.0280. The van der Waals surface area contributed by atoms with Crippen LogP contribution in [0.25, 0.3) is 0 Å². The Labute approximate surface area is 357 Å². The molecule has 0 rings (SSSR count). The number of esters is 2. The van der Waals surface area contributed by atoms with Crippen LogP contribution in [0, 0.1) is 0 Å². The predicted molar refractivity (Wildman–Crippen MR) is 244 cm³/mol. The summed E-state index contributed by atoms with van der Waals surface area (Å²) in [6.45, 7) is 5.38. The molecule has 0 aromatic rings. The maximum Gasteiger partial charge on any atom is 0.472 e. The molecule has 2 unspecified atom stereocenters. The number of unbranched alkanes of at least 4 members (excludes halogenated alkanes) is 24. The van der Waals surface area contributed by atoms with E-state index in [2.05, 4.69) is 62.5 Å². The smallest absolute Gasteiger partial charge is 0.462 e. The van der Waals surface area contributed by atoms with E-state index in [1.165, 1.54) is 116 Å². The van der Waals surface area contributed by atoms with Crippen molar-refractivity contribution in [1.82, 2.24) is 0 Å². The number of hydrogen-bond donors (Lipinski definition) is 1. The molecule has 8 nitrogen and oxygen atoms in total. The SMILES string of the molecule is CC/C=C\C/C=C\C/C=C\C/C=C\CCCCCCCCCCC(=O)OC(COC(=O)CCCCCCCCCCCCCCCCCCC)COP(=O)(O)OCC. The largest absolute Gasteiger partial charge is 0.472 e. The van der Waals surface area contributed by atoms with Crippen molar-refractivity contribution >= 4 is 19.8 Å². The van der Waals surface area contributed by atoms with Crippen LogP contribution in [0.4, 0.5) is 0 Å². The lowest BCUT2D eigenvalue weighted by atomic mass is 10.0. The fraction of sp³-hybridized carbons (Fsp3) is 0.796. The topological polar surface area (TPSA) is 108 Å². The van der Waals surface area contributed by atoms with Crippen LogP contribution in [0.15, 0.2) is 48.6 Å². The predicted octanol–water partition coefficient (Wildman–Crippen LogP) is 15.3. The zero-order chi connectivity index (χ0) is 42.5. The molecule has 0 aliphatic carbocycles. The van der Waals surface area contributed by atoms with Crippen molar-refractivity contribution in [2.75, 3.05) is 19.8 Å². The molecule has 0 saturated carbocycles. The Kier molecular flexibility index (Phi) is 43.0. The molecule has 9 heteroatoms. The number of ether oxygens (including phenoxy) is 2. The van der Waals surface area contributed by atoms with E-state index >= 15 is 0 Å². The number of hydrogen-bond acceptors (Lipinski definition) is 7. The molecule has 0 fully saturated rings. The summed E-state index contributed by atoms with van der Waals surface area (Å²) in [5.74, 6) is -0.799. The number of phosphoric ester groups is 1. The summed E-state index contributed by atoms with van der Waals surface area (Å²) < 4.78 is 32.7. The number of carbonyl (C=O) groups is 2. The van der Waals surface area contributed by atoms with Gasteiger partial charge in [0.2, 0.25) is 0 Å². The van der Waals surface area contributed by atoms with Crippen LogP contribution in [-0.4, -0.2) is 42.8 Å². The third-order valence-corrected chi connectivity index (χ3v) is 11.2. The van der Waals surface area contributed by atoms with Crippen LogP contribution in [0.5, 0.6) is 0 Å². The van der Waals surface area contributed by atoms with Crippen molar-refractivity contribution in [3.63, 3.8) is 0 Å². The maximum absolute atomic E-state index is 12.6. The van der Waals surface area contributed by atoms with Crippen LogP contribution < -0.4 is 0 Å². The molecular weight excluding hydrogens is 748 g/mol.